The summed E-state index contributed by atoms with van der Waals surface area (Å²) in [5.41, 5.74) is 0.0106. The molecule has 1 fully saturated rings. The van der Waals surface area contributed by atoms with Gasteiger partial charge in [0.2, 0.25) is 10.0 Å². The predicted octanol–water partition coefficient (Wildman–Crippen LogP) is 2.03. The highest BCUT2D eigenvalue weighted by atomic mass is 35.5. The zero-order chi connectivity index (χ0) is 15.1. The molecule has 5 nitrogen and oxygen atoms in total. The Kier molecular flexibility index (Phi) is 4.30. The molecule has 0 radical (unpaired) electrons. The predicted molar refractivity (Wildman–Crippen MR) is 77.4 cm³/mol. The molecule has 1 aliphatic carbocycles. The number of hydrogen-bond donors (Lipinski definition) is 2. The van der Waals surface area contributed by atoms with Gasteiger partial charge in [0.25, 0.3) is 5.91 Å². The first-order valence-electron chi connectivity index (χ1n) is 6.00. The van der Waals surface area contributed by atoms with E-state index in [1.165, 1.54) is 6.07 Å². The minimum absolute atomic E-state index is 0.0106. The van der Waals surface area contributed by atoms with Crippen molar-refractivity contribution < 1.29 is 13.2 Å². The third-order valence-electron chi connectivity index (χ3n) is 3.36. The fourth-order valence-electron chi connectivity index (χ4n) is 1.94. The van der Waals surface area contributed by atoms with E-state index in [-0.39, 0.29) is 20.5 Å². The number of sulfonamides is 1. The minimum Gasteiger partial charge on any atom is -0.352 e. The first-order valence-corrected chi connectivity index (χ1v) is 8.30. The van der Waals surface area contributed by atoms with Crippen molar-refractivity contribution in [3.63, 3.8) is 0 Å². The number of nitrogens with two attached hydrogens (primary N) is 1. The number of hydrogen-bond acceptors (Lipinski definition) is 3. The second kappa shape index (κ2) is 5.52. The maximum Gasteiger partial charge on any atom is 0.252 e. The molecule has 2 unspecified atom stereocenters. The number of nitrogens with one attached hydrogen (secondary N) is 1. The lowest BCUT2D eigenvalue weighted by Gasteiger charge is -2.10. The van der Waals surface area contributed by atoms with Crippen LogP contribution in [0.4, 0.5) is 0 Å². The molecule has 1 aliphatic rings. The summed E-state index contributed by atoms with van der Waals surface area (Å²) in [6.07, 6.45) is 1.08. The Labute approximate surface area is 127 Å². The summed E-state index contributed by atoms with van der Waals surface area (Å²) >= 11 is 11.8. The van der Waals surface area contributed by atoms with E-state index in [0.29, 0.717) is 18.4 Å². The lowest BCUT2D eigenvalue weighted by Crippen LogP contribution is -2.27. The van der Waals surface area contributed by atoms with Crippen molar-refractivity contribution in [2.24, 2.45) is 17.0 Å². The van der Waals surface area contributed by atoms with Gasteiger partial charge in [-0.15, -0.1) is 0 Å². The second-order valence-electron chi connectivity index (χ2n) is 4.99. The van der Waals surface area contributed by atoms with E-state index in [4.69, 9.17) is 28.3 Å². The summed E-state index contributed by atoms with van der Waals surface area (Å²) in [6.45, 7) is 2.63. The van der Waals surface area contributed by atoms with Crippen LogP contribution >= 0.6 is 23.2 Å². The topological polar surface area (TPSA) is 89.3 Å². The molecule has 110 valence electrons. The van der Waals surface area contributed by atoms with Gasteiger partial charge in [0.1, 0.15) is 4.90 Å². The van der Waals surface area contributed by atoms with E-state index in [1.54, 1.807) is 0 Å². The molecular weight excluding hydrogens is 323 g/mol. The van der Waals surface area contributed by atoms with Gasteiger partial charge >= 0.3 is 0 Å². The van der Waals surface area contributed by atoms with Crippen LogP contribution in [0.15, 0.2) is 17.0 Å². The van der Waals surface area contributed by atoms with Crippen LogP contribution in [-0.4, -0.2) is 20.9 Å². The van der Waals surface area contributed by atoms with E-state index < -0.39 is 15.9 Å². The Morgan fingerprint density at radius 2 is 2.05 bits per heavy atom. The third-order valence-corrected chi connectivity index (χ3v) is 5.03. The van der Waals surface area contributed by atoms with Crippen molar-refractivity contribution in [3.8, 4) is 0 Å². The Morgan fingerprint density at radius 1 is 1.45 bits per heavy atom. The first-order chi connectivity index (χ1) is 9.20. The molecule has 1 aromatic carbocycles. The number of carbonyl (C=O) groups excluding carboxylic acids is 1. The Balaban J connectivity index is 2.26. The van der Waals surface area contributed by atoms with Crippen LogP contribution in [0.25, 0.3) is 0 Å². The van der Waals surface area contributed by atoms with Crippen LogP contribution in [0.1, 0.15) is 23.7 Å². The molecule has 20 heavy (non-hydrogen) atoms. The van der Waals surface area contributed by atoms with Crippen molar-refractivity contribution in [3.05, 3.63) is 27.7 Å². The van der Waals surface area contributed by atoms with Crippen molar-refractivity contribution in [2.75, 3.05) is 6.54 Å². The molecule has 1 amide bonds. The SMILES string of the molecule is CC1CC1CNC(=O)c1cc(Cl)cc(S(N)(=O)=O)c1Cl. The van der Waals surface area contributed by atoms with Gasteiger partial charge < -0.3 is 5.32 Å². The highest BCUT2D eigenvalue weighted by molar-refractivity contribution is 7.89. The zero-order valence-electron chi connectivity index (χ0n) is 10.7. The second-order valence-corrected chi connectivity index (χ2v) is 7.34. The molecule has 1 saturated carbocycles. The van der Waals surface area contributed by atoms with Gasteiger partial charge in [-0.2, -0.15) is 0 Å². The number of rotatable bonds is 4. The highest BCUT2D eigenvalue weighted by Gasteiger charge is 2.32. The standard InChI is InChI=1S/C12H14Cl2N2O3S/c1-6-2-7(6)5-16-12(17)9-3-8(13)4-10(11(9)14)20(15,18)19/h3-4,6-7H,2,5H2,1H3,(H,16,17)(H2,15,18,19). The molecule has 3 N–H and O–H groups in total. The third kappa shape index (κ3) is 3.44. The number of halogens is 2. The zero-order valence-corrected chi connectivity index (χ0v) is 13.0. The summed E-state index contributed by atoms with van der Waals surface area (Å²) in [5.74, 6) is 0.612. The Hall–Kier alpha value is -0.820. The monoisotopic (exact) mass is 336 g/mol. The van der Waals surface area contributed by atoms with Crippen LogP contribution in [0, 0.1) is 11.8 Å². The molecule has 0 aliphatic heterocycles. The summed E-state index contributed by atoms with van der Waals surface area (Å²) in [4.78, 5) is 11.7. The number of amides is 1. The molecular formula is C12H14Cl2N2O3S. The normalized spacial score (nSPS) is 21.6. The molecule has 2 atom stereocenters. The Morgan fingerprint density at radius 3 is 2.55 bits per heavy atom. The fourth-order valence-corrected chi connectivity index (χ4v) is 3.39. The molecule has 0 heterocycles. The highest BCUT2D eigenvalue weighted by Crippen LogP contribution is 2.37. The molecule has 2 rings (SSSR count). The quantitative estimate of drug-likeness (QED) is 0.881. The van der Waals surface area contributed by atoms with E-state index in [2.05, 4.69) is 12.2 Å². The number of carbonyl (C=O) groups is 1. The lowest BCUT2D eigenvalue weighted by atomic mass is 10.2. The van der Waals surface area contributed by atoms with Crippen LogP contribution in [-0.2, 0) is 10.0 Å². The summed E-state index contributed by atoms with van der Waals surface area (Å²) < 4.78 is 22.8. The van der Waals surface area contributed by atoms with Gasteiger partial charge in [-0.3, -0.25) is 4.79 Å². The lowest BCUT2D eigenvalue weighted by molar-refractivity contribution is 0.0951. The molecule has 0 saturated heterocycles. The van der Waals surface area contributed by atoms with E-state index >= 15 is 0 Å². The summed E-state index contributed by atoms with van der Waals surface area (Å²) in [5, 5.41) is 7.64. The maximum absolute atomic E-state index is 12.0. The summed E-state index contributed by atoms with van der Waals surface area (Å²) in [7, 11) is -4.04. The molecule has 8 heteroatoms. The van der Waals surface area contributed by atoms with Crippen LogP contribution in [0.3, 0.4) is 0 Å². The maximum atomic E-state index is 12.0. The van der Waals surface area contributed by atoms with Crippen molar-refractivity contribution in [1.82, 2.24) is 5.32 Å². The van der Waals surface area contributed by atoms with E-state index in [9.17, 15) is 13.2 Å². The fraction of sp³-hybridized carbons (Fsp3) is 0.417. The largest absolute Gasteiger partial charge is 0.352 e. The molecule has 0 aromatic heterocycles. The molecule has 0 bridgehead atoms. The van der Waals surface area contributed by atoms with Gasteiger partial charge in [0.05, 0.1) is 10.6 Å². The van der Waals surface area contributed by atoms with Crippen molar-refractivity contribution in [2.45, 2.75) is 18.2 Å². The summed E-state index contributed by atoms with van der Waals surface area (Å²) in [6, 6.07) is 2.45. The van der Waals surface area contributed by atoms with Gasteiger partial charge in [0, 0.05) is 11.6 Å². The number of primary sulfonamides is 1. The minimum atomic E-state index is -4.04. The van der Waals surface area contributed by atoms with Crippen LogP contribution in [0.5, 0.6) is 0 Å². The van der Waals surface area contributed by atoms with Gasteiger partial charge in [-0.1, -0.05) is 30.1 Å². The van der Waals surface area contributed by atoms with Crippen molar-refractivity contribution >= 4 is 39.1 Å². The average molecular weight is 337 g/mol. The van der Waals surface area contributed by atoms with Gasteiger partial charge in [-0.05, 0) is 30.4 Å². The number of benzene rings is 1. The van der Waals surface area contributed by atoms with Gasteiger partial charge in [-0.25, -0.2) is 13.6 Å². The molecule has 0 spiro atoms. The van der Waals surface area contributed by atoms with Crippen LogP contribution < -0.4 is 10.5 Å². The van der Waals surface area contributed by atoms with E-state index in [1.807, 2.05) is 0 Å². The first kappa shape index (κ1) is 15.6. The smallest absolute Gasteiger partial charge is 0.252 e. The Bertz CT molecular complexity index is 661. The van der Waals surface area contributed by atoms with Crippen LogP contribution in [0.2, 0.25) is 10.0 Å². The molecule has 1 aromatic rings. The van der Waals surface area contributed by atoms with Crippen molar-refractivity contribution in [1.29, 1.82) is 0 Å². The average Bonchev–Trinajstić information content (AvgIpc) is 3.03. The van der Waals surface area contributed by atoms with Gasteiger partial charge in [0.15, 0.2) is 0 Å². The van der Waals surface area contributed by atoms with E-state index in [0.717, 1.165) is 12.5 Å².